The summed E-state index contributed by atoms with van der Waals surface area (Å²) in [5, 5.41) is 0. The van der Waals surface area contributed by atoms with E-state index in [0.29, 0.717) is 18.1 Å². The quantitative estimate of drug-likeness (QED) is 0.478. The lowest BCUT2D eigenvalue weighted by molar-refractivity contribution is -0.140. The summed E-state index contributed by atoms with van der Waals surface area (Å²) in [5.74, 6) is 0.261. The Balaban J connectivity index is 3.72. The number of carbonyl (C=O) groups is 1. The first-order valence-electron chi connectivity index (χ1n) is 4.41. The molecular weight excluding hydrogens is 152 g/mol. The first-order chi connectivity index (χ1) is 5.61. The highest BCUT2D eigenvalue weighted by Crippen LogP contribution is 2.03. The van der Waals surface area contributed by atoms with Crippen molar-refractivity contribution in [2.24, 2.45) is 5.92 Å². The number of hydrogen-bond donors (Lipinski definition) is 0. The zero-order chi connectivity index (χ0) is 9.56. The van der Waals surface area contributed by atoms with Crippen LogP contribution in [0.5, 0.6) is 0 Å². The van der Waals surface area contributed by atoms with Crippen LogP contribution in [0.4, 0.5) is 0 Å². The van der Waals surface area contributed by atoms with Crippen LogP contribution in [0, 0.1) is 5.92 Å². The summed E-state index contributed by atoms with van der Waals surface area (Å²) in [5.41, 5.74) is 0.679. The predicted molar refractivity (Wildman–Crippen MR) is 49.8 cm³/mol. The second kappa shape index (κ2) is 5.81. The topological polar surface area (TPSA) is 26.3 Å². The van der Waals surface area contributed by atoms with Crippen molar-refractivity contribution in [1.29, 1.82) is 0 Å². The van der Waals surface area contributed by atoms with Crippen molar-refractivity contribution >= 4 is 5.97 Å². The normalized spacial score (nSPS) is 14.2. The fourth-order valence-electron chi connectivity index (χ4n) is 0.567. The van der Waals surface area contributed by atoms with Gasteiger partial charge in [0.15, 0.2) is 0 Å². The Labute approximate surface area is 74.6 Å². The van der Waals surface area contributed by atoms with E-state index in [1.807, 2.05) is 6.92 Å². The molecule has 0 aromatic rings. The molecule has 0 rings (SSSR count). The predicted octanol–water partition coefficient (Wildman–Crippen LogP) is 2.54. The number of esters is 1. The lowest BCUT2D eigenvalue weighted by Gasteiger charge is -2.09. The third kappa shape index (κ3) is 4.16. The molecule has 0 fully saturated rings. The van der Waals surface area contributed by atoms with Crippen molar-refractivity contribution in [3.05, 3.63) is 11.6 Å². The van der Waals surface area contributed by atoms with E-state index in [1.165, 1.54) is 0 Å². The first-order valence-corrected chi connectivity index (χ1v) is 4.41. The van der Waals surface area contributed by atoms with E-state index in [2.05, 4.69) is 13.8 Å². The van der Waals surface area contributed by atoms with Crippen molar-refractivity contribution in [1.82, 2.24) is 0 Å². The second-order valence-electron chi connectivity index (χ2n) is 3.08. The SMILES string of the molecule is C/C=C(/C)C(=O)OC[C@@H](C)CC. The van der Waals surface area contributed by atoms with Gasteiger partial charge in [0, 0.05) is 5.57 Å². The largest absolute Gasteiger partial charge is 0.462 e. The maximum Gasteiger partial charge on any atom is 0.333 e. The smallest absolute Gasteiger partial charge is 0.333 e. The molecule has 12 heavy (non-hydrogen) atoms. The number of hydrogen-bond acceptors (Lipinski definition) is 2. The number of carbonyl (C=O) groups excluding carboxylic acids is 1. The molecule has 0 aromatic heterocycles. The van der Waals surface area contributed by atoms with Crippen molar-refractivity contribution < 1.29 is 9.53 Å². The Bertz CT molecular complexity index is 171. The molecule has 1 atom stereocenters. The molecule has 2 heteroatoms. The molecule has 0 bridgehead atoms. The summed E-state index contributed by atoms with van der Waals surface area (Å²) >= 11 is 0. The van der Waals surface area contributed by atoms with Crippen LogP contribution in [-0.4, -0.2) is 12.6 Å². The van der Waals surface area contributed by atoms with Crippen LogP contribution >= 0.6 is 0 Å². The van der Waals surface area contributed by atoms with Crippen LogP contribution in [0.1, 0.15) is 34.1 Å². The highest BCUT2D eigenvalue weighted by molar-refractivity contribution is 5.87. The summed E-state index contributed by atoms with van der Waals surface area (Å²) < 4.78 is 5.04. The maximum absolute atomic E-state index is 11.1. The summed E-state index contributed by atoms with van der Waals surface area (Å²) in [6, 6.07) is 0. The zero-order valence-electron chi connectivity index (χ0n) is 8.39. The maximum atomic E-state index is 11.1. The molecule has 0 aliphatic carbocycles. The molecule has 0 amide bonds. The van der Waals surface area contributed by atoms with Crippen molar-refractivity contribution in [3.8, 4) is 0 Å². The van der Waals surface area contributed by atoms with E-state index < -0.39 is 0 Å². The van der Waals surface area contributed by atoms with E-state index in [0.717, 1.165) is 6.42 Å². The molecule has 0 aromatic carbocycles. The van der Waals surface area contributed by atoms with Gasteiger partial charge in [-0.25, -0.2) is 4.79 Å². The van der Waals surface area contributed by atoms with Crippen LogP contribution in [0.15, 0.2) is 11.6 Å². The van der Waals surface area contributed by atoms with Crippen molar-refractivity contribution in [3.63, 3.8) is 0 Å². The highest BCUT2D eigenvalue weighted by atomic mass is 16.5. The Morgan fingerprint density at radius 1 is 1.58 bits per heavy atom. The van der Waals surface area contributed by atoms with Crippen molar-refractivity contribution in [2.75, 3.05) is 6.61 Å². The average molecular weight is 170 g/mol. The summed E-state index contributed by atoms with van der Waals surface area (Å²) in [6.07, 6.45) is 2.81. The van der Waals surface area contributed by atoms with Gasteiger partial charge in [0.1, 0.15) is 0 Å². The zero-order valence-corrected chi connectivity index (χ0v) is 8.39. The molecule has 2 nitrogen and oxygen atoms in total. The van der Waals surface area contributed by atoms with Gasteiger partial charge < -0.3 is 4.74 Å². The molecule has 0 N–H and O–H groups in total. The molecule has 0 aliphatic rings. The Kier molecular flexibility index (Phi) is 5.43. The van der Waals surface area contributed by atoms with Crippen LogP contribution in [0.3, 0.4) is 0 Å². The van der Waals surface area contributed by atoms with Crippen LogP contribution in [-0.2, 0) is 9.53 Å². The first kappa shape index (κ1) is 11.2. The third-order valence-electron chi connectivity index (χ3n) is 1.95. The Hall–Kier alpha value is -0.790. The van der Waals surface area contributed by atoms with Gasteiger partial charge in [0.05, 0.1) is 6.61 Å². The van der Waals surface area contributed by atoms with Crippen LogP contribution in [0.25, 0.3) is 0 Å². The summed E-state index contributed by atoms with van der Waals surface area (Å²) in [7, 11) is 0. The lowest BCUT2D eigenvalue weighted by atomic mass is 10.1. The van der Waals surface area contributed by atoms with Gasteiger partial charge in [-0.2, -0.15) is 0 Å². The van der Waals surface area contributed by atoms with Crippen LogP contribution < -0.4 is 0 Å². The van der Waals surface area contributed by atoms with Gasteiger partial charge >= 0.3 is 5.97 Å². The summed E-state index contributed by atoms with van der Waals surface area (Å²) in [4.78, 5) is 11.1. The van der Waals surface area contributed by atoms with Gasteiger partial charge in [0.2, 0.25) is 0 Å². The third-order valence-corrected chi connectivity index (χ3v) is 1.95. The van der Waals surface area contributed by atoms with Crippen LogP contribution in [0.2, 0.25) is 0 Å². The summed E-state index contributed by atoms with van der Waals surface area (Å²) in [6.45, 7) is 8.28. The molecule has 0 heterocycles. The monoisotopic (exact) mass is 170 g/mol. The van der Waals surface area contributed by atoms with E-state index >= 15 is 0 Å². The lowest BCUT2D eigenvalue weighted by Crippen LogP contribution is -2.11. The fraction of sp³-hybridized carbons (Fsp3) is 0.700. The van der Waals surface area contributed by atoms with Crippen molar-refractivity contribution in [2.45, 2.75) is 34.1 Å². The highest BCUT2D eigenvalue weighted by Gasteiger charge is 2.06. The molecule has 0 saturated carbocycles. The van der Waals surface area contributed by atoms with Gasteiger partial charge in [-0.3, -0.25) is 0 Å². The number of allylic oxidation sites excluding steroid dienone is 1. The van der Waals surface area contributed by atoms with Gasteiger partial charge in [-0.15, -0.1) is 0 Å². The molecule has 0 aliphatic heterocycles. The molecule has 0 saturated heterocycles. The Morgan fingerprint density at radius 3 is 2.58 bits per heavy atom. The van der Waals surface area contributed by atoms with E-state index in [1.54, 1.807) is 13.0 Å². The van der Waals surface area contributed by atoms with Gasteiger partial charge in [-0.05, 0) is 19.8 Å². The molecular formula is C10H18O2. The fourth-order valence-corrected chi connectivity index (χ4v) is 0.567. The molecule has 0 radical (unpaired) electrons. The second-order valence-corrected chi connectivity index (χ2v) is 3.08. The Morgan fingerprint density at radius 2 is 2.17 bits per heavy atom. The minimum atomic E-state index is -0.196. The molecule has 0 spiro atoms. The van der Waals surface area contributed by atoms with E-state index in [4.69, 9.17) is 4.74 Å². The number of rotatable bonds is 4. The van der Waals surface area contributed by atoms with E-state index in [9.17, 15) is 4.79 Å². The standard InChI is InChI=1S/C10H18O2/c1-5-8(3)7-12-10(11)9(4)6-2/h6,8H,5,7H2,1-4H3/b9-6-/t8-/m0/s1. The molecule has 70 valence electrons. The van der Waals surface area contributed by atoms with Gasteiger partial charge in [0.25, 0.3) is 0 Å². The minimum absolute atomic E-state index is 0.196. The van der Waals surface area contributed by atoms with Gasteiger partial charge in [-0.1, -0.05) is 26.3 Å². The average Bonchev–Trinajstić information content (AvgIpc) is 2.11. The molecule has 0 unspecified atom stereocenters. The number of ether oxygens (including phenoxy) is 1. The van der Waals surface area contributed by atoms with E-state index in [-0.39, 0.29) is 5.97 Å². The minimum Gasteiger partial charge on any atom is -0.462 e.